The number of hydrogen-bond donors (Lipinski definition) is 1. The Hall–Kier alpha value is -2.99. The molecule has 0 aliphatic carbocycles. The molecule has 21 heavy (non-hydrogen) atoms. The Balaban J connectivity index is 2.03. The van der Waals surface area contributed by atoms with Crippen molar-refractivity contribution in [3.05, 3.63) is 59.7 Å². The van der Waals surface area contributed by atoms with E-state index in [1.807, 2.05) is 54.6 Å². The van der Waals surface area contributed by atoms with Crippen molar-refractivity contribution in [2.24, 2.45) is 0 Å². The van der Waals surface area contributed by atoms with Crippen molar-refractivity contribution < 1.29 is 9.53 Å². The third kappa shape index (κ3) is 2.52. The van der Waals surface area contributed by atoms with Crippen LogP contribution in [0.15, 0.2) is 48.5 Å². The number of hydrogen-bond acceptors (Lipinski definition) is 2. The predicted octanol–water partition coefficient (Wildman–Crippen LogP) is 3.19. The maximum absolute atomic E-state index is 12.1. The molecule has 1 N–H and O–H groups in total. The van der Waals surface area contributed by atoms with Crippen LogP contribution < -0.4 is 10.1 Å². The van der Waals surface area contributed by atoms with Gasteiger partial charge in [-0.1, -0.05) is 42.3 Å². The second kappa shape index (κ2) is 5.56. The number of carbonyl (C=O) groups is 1. The fraction of sp³-hybridized carbons (Fsp3) is 0.0556. The zero-order valence-corrected chi connectivity index (χ0v) is 11.3. The number of nitrogens with one attached hydrogen (secondary N) is 1. The maximum atomic E-state index is 12.1. The number of terminal acetylenes is 1. The van der Waals surface area contributed by atoms with E-state index in [2.05, 4.69) is 11.2 Å². The third-order valence-corrected chi connectivity index (χ3v) is 3.24. The van der Waals surface area contributed by atoms with Crippen molar-refractivity contribution in [1.29, 1.82) is 0 Å². The third-order valence-electron chi connectivity index (χ3n) is 3.24. The van der Waals surface area contributed by atoms with Gasteiger partial charge in [0.1, 0.15) is 12.4 Å². The summed E-state index contributed by atoms with van der Waals surface area (Å²) >= 11 is 0. The van der Waals surface area contributed by atoms with Crippen molar-refractivity contribution >= 4 is 23.2 Å². The van der Waals surface area contributed by atoms with Crippen molar-refractivity contribution in [2.75, 3.05) is 11.9 Å². The van der Waals surface area contributed by atoms with E-state index in [4.69, 9.17) is 11.2 Å². The Bertz CT molecular complexity index is 769. The van der Waals surface area contributed by atoms with Crippen LogP contribution in [0.1, 0.15) is 11.1 Å². The molecule has 0 unspecified atom stereocenters. The normalized spacial score (nSPS) is 14.4. The first-order chi connectivity index (χ1) is 10.3. The van der Waals surface area contributed by atoms with Crippen LogP contribution in [-0.2, 0) is 4.79 Å². The summed E-state index contributed by atoms with van der Waals surface area (Å²) in [4.78, 5) is 12.1. The summed E-state index contributed by atoms with van der Waals surface area (Å²) in [6, 6.07) is 15.1. The monoisotopic (exact) mass is 275 g/mol. The summed E-state index contributed by atoms with van der Waals surface area (Å²) in [5.41, 5.74) is 3.18. The van der Waals surface area contributed by atoms with Gasteiger partial charge in [0.15, 0.2) is 0 Å². The number of benzene rings is 2. The van der Waals surface area contributed by atoms with Gasteiger partial charge in [-0.25, -0.2) is 0 Å². The summed E-state index contributed by atoms with van der Waals surface area (Å²) in [6.45, 7) is 0.197. The number of para-hydroxylation sites is 2. The second-order valence-corrected chi connectivity index (χ2v) is 4.59. The second-order valence-electron chi connectivity index (χ2n) is 4.59. The highest BCUT2D eigenvalue weighted by Crippen LogP contribution is 2.34. The summed E-state index contributed by atoms with van der Waals surface area (Å²) in [7, 11) is 0. The number of amides is 1. The van der Waals surface area contributed by atoms with Gasteiger partial charge in [-0.2, -0.15) is 0 Å². The Morgan fingerprint density at radius 2 is 1.90 bits per heavy atom. The zero-order valence-electron chi connectivity index (χ0n) is 11.3. The molecule has 1 amide bonds. The summed E-state index contributed by atoms with van der Waals surface area (Å²) in [5.74, 6) is 3.00. The van der Waals surface area contributed by atoms with Crippen molar-refractivity contribution in [2.45, 2.75) is 0 Å². The summed E-state index contributed by atoms with van der Waals surface area (Å²) in [6.07, 6.45) is 7.05. The highest BCUT2D eigenvalue weighted by Gasteiger charge is 2.23. The molecule has 0 radical (unpaired) electrons. The van der Waals surface area contributed by atoms with Crippen LogP contribution in [-0.4, -0.2) is 12.5 Å². The number of rotatable bonds is 3. The molecule has 102 valence electrons. The van der Waals surface area contributed by atoms with E-state index in [0.717, 1.165) is 16.8 Å². The average molecular weight is 275 g/mol. The number of anilines is 1. The van der Waals surface area contributed by atoms with Crippen molar-refractivity contribution in [3.8, 4) is 18.1 Å². The van der Waals surface area contributed by atoms with E-state index in [9.17, 15) is 4.79 Å². The molecular formula is C18H13NO2. The van der Waals surface area contributed by atoms with Crippen LogP contribution in [0.2, 0.25) is 0 Å². The van der Waals surface area contributed by atoms with E-state index >= 15 is 0 Å². The van der Waals surface area contributed by atoms with Crippen LogP contribution in [0.3, 0.4) is 0 Å². The van der Waals surface area contributed by atoms with E-state index in [-0.39, 0.29) is 12.5 Å². The van der Waals surface area contributed by atoms with E-state index in [1.54, 1.807) is 0 Å². The molecule has 1 aliphatic heterocycles. The SMILES string of the molecule is C#CCOc1ccccc1/C=C1/C(=O)Nc2ccccc21. The van der Waals surface area contributed by atoms with Gasteiger partial charge in [-0.3, -0.25) is 4.79 Å². The van der Waals surface area contributed by atoms with Crippen LogP contribution in [0.25, 0.3) is 11.6 Å². The highest BCUT2D eigenvalue weighted by atomic mass is 16.5. The van der Waals surface area contributed by atoms with Crippen LogP contribution in [0.5, 0.6) is 5.75 Å². The van der Waals surface area contributed by atoms with Crippen LogP contribution in [0, 0.1) is 12.3 Å². The lowest BCUT2D eigenvalue weighted by Crippen LogP contribution is -2.03. The quantitative estimate of drug-likeness (QED) is 0.690. The minimum absolute atomic E-state index is 0.108. The van der Waals surface area contributed by atoms with Gasteiger partial charge < -0.3 is 10.1 Å². The van der Waals surface area contributed by atoms with Gasteiger partial charge >= 0.3 is 0 Å². The molecule has 3 heteroatoms. The molecule has 0 spiro atoms. The van der Waals surface area contributed by atoms with E-state index in [1.165, 1.54) is 0 Å². The molecule has 3 rings (SSSR count). The standard InChI is InChI=1S/C18H13NO2/c1-2-11-21-17-10-6-3-7-13(17)12-15-14-8-4-5-9-16(14)19-18(15)20/h1,3-10,12H,11H2,(H,19,20)/b15-12+. The molecule has 1 heterocycles. The molecule has 2 aromatic rings. The Kier molecular flexibility index (Phi) is 3.44. The van der Waals surface area contributed by atoms with Gasteiger partial charge in [-0.15, -0.1) is 6.42 Å². The van der Waals surface area contributed by atoms with Crippen molar-refractivity contribution in [3.63, 3.8) is 0 Å². The molecule has 3 nitrogen and oxygen atoms in total. The van der Waals surface area contributed by atoms with Gasteiger partial charge in [0.2, 0.25) is 0 Å². The fourth-order valence-corrected chi connectivity index (χ4v) is 2.29. The lowest BCUT2D eigenvalue weighted by Gasteiger charge is -2.06. The molecule has 2 aromatic carbocycles. The first-order valence-electron chi connectivity index (χ1n) is 6.57. The van der Waals surface area contributed by atoms with Crippen LogP contribution >= 0.6 is 0 Å². The summed E-state index contributed by atoms with van der Waals surface area (Å²) < 4.78 is 5.51. The maximum Gasteiger partial charge on any atom is 0.256 e. The topological polar surface area (TPSA) is 38.3 Å². The minimum Gasteiger partial charge on any atom is -0.480 e. The number of ether oxygens (including phenoxy) is 1. The molecule has 0 saturated heterocycles. The fourth-order valence-electron chi connectivity index (χ4n) is 2.29. The minimum atomic E-state index is -0.108. The van der Waals surface area contributed by atoms with E-state index < -0.39 is 0 Å². The molecule has 0 bridgehead atoms. The largest absolute Gasteiger partial charge is 0.480 e. The van der Waals surface area contributed by atoms with Gasteiger partial charge in [-0.05, 0) is 18.2 Å². The van der Waals surface area contributed by atoms with Gasteiger partial charge in [0.05, 0.1) is 0 Å². The Labute approximate surface area is 123 Å². The lowest BCUT2D eigenvalue weighted by molar-refractivity contribution is -0.110. The Morgan fingerprint density at radius 1 is 1.14 bits per heavy atom. The Morgan fingerprint density at radius 3 is 2.76 bits per heavy atom. The smallest absolute Gasteiger partial charge is 0.256 e. The summed E-state index contributed by atoms with van der Waals surface area (Å²) in [5, 5.41) is 2.85. The number of carbonyl (C=O) groups excluding carboxylic acids is 1. The zero-order chi connectivity index (χ0) is 14.7. The molecule has 1 aliphatic rings. The lowest BCUT2D eigenvalue weighted by atomic mass is 10.0. The molecule has 0 atom stereocenters. The predicted molar refractivity (Wildman–Crippen MR) is 83.7 cm³/mol. The van der Waals surface area contributed by atoms with E-state index in [0.29, 0.717) is 11.3 Å². The molecule has 0 saturated carbocycles. The molecule has 0 aromatic heterocycles. The first-order valence-corrected chi connectivity index (χ1v) is 6.57. The number of fused-ring (bicyclic) bond motifs is 1. The first kappa shape index (κ1) is 13.0. The van der Waals surface area contributed by atoms with Crippen molar-refractivity contribution in [1.82, 2.24) is 0 Å². The van der Waals surface area contributed by atoms with Crippen LogP contribution in [0.4, 0.5) is 5.69 Å². The highest BCUT2D eigenvalue weighted by molar-refractivity contribution is 6.35. The molecular weight excluding hydrogens is 262 g/mol. The van der Waals surface area contributed by atoms with Gasteiger partial charge in [0, 0.05) is 22.4 Å². The average Bonchev–Trinajstić information content (AvgIpc) is 2.82. The van der Waals surface area contributed by atoms with Gasteiger partial charge in [0.25, 0.3) is 5.91 Å². The molecule has 0 fully saturated rings.